The van der Waals surface area contributed by atoms with Gasteiger partial charge in [-0.25, -0.2) is 0 Å². The number of hydrogen-bond donors (Lipinski definition) is 1. The van der Waals surface area contributed by atoms with Crippen molar-refractivity contribution in [2.45, 2.75) is 16.4 Å². The zero-order valence-corrected chi connectivity index (χ0v) is 10.8. The van der Waals surface area contributed by atoms with Crippen molar-refractivity contribution >= 4 is 39.1 Å². The van der Waals surface area contributed by atoms with Crippen LogP contribution < -0.4 is 5.32 Å². The van der Waals surface area contributed by atoms with Crippen molar-refractivity contribution in [3.63, 3.8) is 0 Å². The van der Waals surface area contributed by atoms with Gasteiger partial charge < -0.3 is 5.32 Å². The third-order valence-corrected chi connectivity index (χ3v) is 4.68. The predicted molar refractivity (Wildman–Crippen MR) is 71.2 cm³/mol. The summed E-state index contributed by atoms with van der Waals surface area (Å²) in [5.74, 6) is 0.0717. The van der Waals surface area contributed by atoms with E-state index in [9.17, 15) is 4.79 Å². The van der Waals surface area contributed by atoms with Gasteiger partial charge in [0.1, 0.15) is 0 Å². The maximum Gasteiger partial charge on any atom is 0.232 e. The van der Waals surface area contributed by atoms with E-state index in [0.717, 1.165) is 0 Å². The van der Waals surface area contributed by atoms with Crippen LogP contribution in [0.1, 0.15) is 6.92 Å². The highest BCUT2D eigenvalue weighted by Crippen LogP contribution is 2.34. The zero-order valence-electron chi connectivity index (χ0n) is 9.19. The topological polar surface area (TPSA) is 29.1 Å². The molecule has 1 N–H and O–H groups in total. The van der Waals surface area contributed by atoms with Gasteiger partial charge in [-0.2, -0.15) is 0 Å². The minimum absolute atomic E-state index is 0.0435. The van der Waals surface area contributed by atoms with E-state index in [1.807, 2.05) is 19.1 Å². The number of benzene rings is 1. The molecular formula is C12H13NOS2. The first-order valence-electron chi connectivity index (χ1n) is 5.07. The van der Waals surface area contributed by atoms with Crippen LogP contribution in [-0.2, 0) is 4.79 Å². The Kier molecular flexibility index (Phi) is 3.51. The molecule has 0 aliphatic heterocycles. The second-order valence-corrected chi connectivity index (χ2v) is 6.20. The monoisotopic (exact) mass is 251 g/mol. The minimum Gasteiger partial charge on any atom is -0.358 e. The Hall–Kier alpha value is -1.00. The first kappa shape index (κ1) is 11.5. The summed E-state index contributed by atoms with van der Waals surface area (Å²) in [5, 5.41) is 3.87. The van der Waals surface area contributed by atoms with Crippen LogP contribution in [0.4, 0.5) is 0 Å². The summed E-state index contributed by atoms with van der Waals surface area (Å²) in [6.45, 7) is 1.92. The average molecular weight is 251 g/mol. The van der Waals surface area contributed by atoms with Crippen molar-refractivity contribution in [2.24, 2.45) is 0 Å². The van der Waals surface area contributed by atoms with Crippen LogP contribution in [0, 0.1) is 0 Å². The molecule has 2 nitrogen and oxygen atoms in total. The molecule has 0 saturated heterocycles. The predicted octanol–water partition coefficient (Wildman–Crippen LogP) is 3.13. The molecule has 84 valence electrons. The largest absolute Gasteiger partial charge is 0.358 e. The lowest BCUT2D eigenvalue weighted by molar-refractivity contribution is -0.119. The van der Waals surface area contributed by atoms with Crippen molar-refractivity contribution in [1.82, 2.24) is 5.32 Å². The number of carbonyl (C=O) groups excluding carboxylic acids is 1. The van der Waals surface area contributed by atoms with Gasteiger partial charge in [0.2, 0.25) is 5.91 Å². The van der Waals surface area contributed by atoms with E-state index in [1.165, 1.54) is 14.3 Å². The van der Waals surface area contributed by atoms with Gasteiger partial charge in [-0.15, -0.1) is 23.1 Å². The molecule has 0 aliphatic rings. The molecule has 0 bridgehead atoms. The summed E-state index contributed by atoms with van der Waals surface area (Å²) in [6, 6.07) is 10.4. The number of hydrogen-bond acceptors (Lipinski definition) is 3. The van der Waals surface area contributed by atoms with Gasteiger partial charge in [0, 0.05) is 11.7 Å². The van der Waals surface area contributed by atoms with Gasteiger partial charge in [-0.3, -0.25) is 4.79 Å². The lowest BCUT2D eigenvalue weighted by Crippen LogP contribution is -2.26. The zero-order chi connectivity index (χ0) is 11.5. The minimum atomic E-state index is -0.0435. The van der Waals surface area contributed by atoms with Crippen LogP contribution in [0.25, 0.3) is 10.1 Å². The second kappa shape index (κ2) is 4.89. The molecule has 1 aromatic carbocycles. The standard InChI is InChI=1S/C12H13NOS2/c1-8(12(14)13-2)15-11-7-9-5-3-4-6-10(9)16-11/h3-8H,1-2H3,(H,13,14)/t8-/m0/s1. The lowest BCUT2D eigenvalue weighted by atomic mass is 10.3. The number of amides is 1. The van der Waals surface area contributed by atoms with Crippen molar-refractivity contribution in [3.8, 4) is 0 Å². The summed E-state index contributed by atoms with van der Waals surface area (Å²) in [4.78, 5) is 11.4. The molecule has 0 aliphatic carbocycles. The quantitative estimate of drug-likeness (QED) is 0.849. The second-order valence-electron chi connectivity index (χ2n) is 3.48. The van der Waals surface area contributed by atoms with Crippen molar-refractivity contribution in [2.75, 3.05) is 7.05 Å². The van der Waals surface area contributed by atoms with E-state index in [2.05, 4.69) is 23.5 Å². The van der Waals surface area contributed by atoms with Crippen LogP contribution in [-0.4, -0.2) is 18.2 Å². The fourth-order valence-electron chi connectivity index (χ4n) is 1.45. The molecule has 0 fully saturated rings. The van der Waals surface area contributed by atoms with Gasteiger partial charge in [-0.05, 0) is 24.4 Å². The maximum atomic E-state index is 11.4. The highest BCUT2D eigenvalue weighted by atomic mass is 32.2. The first-order valence-corrected chi connectivity index (χ1v) is 6.77. The van der Waals surface area contributed by atoms with Crippen LogP contribution in [0.3, 0.4) is 0 Å². The molecule has 1 amide bonds. The Balaban J connectivity index is 2.18. The summed E-state index contributed by atoms with van der Waals surface area (Å²) in [5.41, 5.74) is 0. The maximum absolute atomic E-state index is 11.4. The van der Waals surface area contributed by atoms with Gasteiger partial charge in [0.25, 0.3) is 0 Å². The molecule has 1 heterocycles. The first-order chi connectivity index (χ1) is 7.70. The number of fused-ring (bicyclic) bond motifs is 1. The number of thiophene rings is 1. The molecule has 1 aromatic heterocycles. The van der Waals surface area contributed by atoms with Gasteiger partial charge >= 0.3 is 0 Å². The van der Waals surface area contributed by atoms with Crippen molar-refractivity contribution in [3.05, 3.63) is 30.3 Å². The molecule has 0 radical (unpaired) electrons. The van der Waals surface area contributed by atoms with Crippen LogP contribution in [0.5, 0.6) is 0 Å². The van der Waals surface area contributed by atoms with E-state index >= 15 is 0 Å². The molecule has 16 heavy (non-hydrogen) atoms. The molecule has 1 atom stereocenters. The molecule has 2 aromatic rings. The number of carbonyl (C=O) groups is 1. The number of rotatable bonds is 3. The third-order valence-electron chi connectivity index (χ3n) is 2.31. The Morgan fingerprint density at radius 3 is 2.88 bits per heavy atom. The van der Waals surface area contributed by atoms with Gasteiger partial charge in [-0.1, -0.05) is 18.2 Å². The normalized spacial score (nSPS) is 12.6. The van der Waals surface area contributed by atoms with E-state index in [0.29, 0.717) is 0 Å². The Labute approximate surface area is 103 Å². The third kappa shape index (κ3) is 2.39. The molecule has 0 spiro atoms. The average Bonchev–Trinajstić information content (AvgIpc) is 2.69. The van der Waals surface area contributed by atoms with Crippen LogP contribution in [0.2, 0.25) is 0 Å². The highest BCUT2D eigenvalue weighted by Gasteiger charge is 2.13. The van der Waals surface area contributed by atoms with Crippen molar-refractivity contribution in [1.29, 1.82) is 0 Å². The summed E-state index contributed by atoms with van der Waals surface area (Å²) < 4.78 is 2.46. The van der Waals surface area contributed by atoms with E-state index in [-0.39, 0.29) is 11.2 Å². The Morgan fingerprint density at radius 2 is 2.19 bits per heavy atom. The molecular weight excluding hydrogens is 238 g/mol. The van der Waals surface area contributed by atoms with E-state index in [4.69, 9.17) is 0 Å². The number of thioether (sulfide) groups is 1. The molecule has 0 unspecified atom stereocenters. The van der Waals surface area contributed by atoms with E-state index in [1.54, 1.807) is 30.1 Å². The van der Waals surface area contributed by atoms with E-state index < -0.39 is 0 Å². The summed E-state index contributed by atoms with van der Waals surface area (Å²) in [6.07, 6.45) is 0. The smallest absolute Gasteiger partial charge is 0.232 e. The highest BCUT2D eigenvalue weighted by molar-refractivity contribution is 8.02. The van der Waals surface area contributed by atoms with Crippen LogP contribution >= 0.6 is 23.1 Å². The Bertz CT molecular complexity index is 473. The summed E-state index contributed by atoms with van der Waals surface area (Å²) in [7, 11) is 1.67. The van der Waals surface area contributed by atoms with Gasteiger partial charge in [0.15, 0.2) is 0 Å². The fraction of sp³-hybridized carbons (Fsp3) is 0.250. The molecule has 4 heteroatoms. The SMILES string of the molecule is CNC(=O)[C@H](C)Sc1cc2ccccc2s1. The number of nitrogens with one attached hydrogen (secondary N) is 1. The van der Waals surface area contributed by atoms with Crippen LogP contribution in [0.15, 0.2) is 34.5 Å². The Morgan fingerprint density at radius 1 is 1.44 bits per heavy atom. The lowest BCUT2D eigenvalue weighted by Gasteiger charge is -2.06. The van der Waals surface area contributed by atoms with Crippen molar-refractivity contribution < 1.29 is 4.79 Å². The molecule has 2 rings (SSSR count). The fourth-order valence-corrected chi connectivity index (χ4v) is 3.90. The van der Waals surface area contributed by atoms with Gasteiger partial charge in [0.05, 0.1) is 9.46 Å². The summed E-state index contributed by atoms with van der Waals surface area (Å²) >= 11 is 3.34. The molecule has 0 saturated carbocycles.